The van der Waals surface area contributed by atoms with Crippen molar-refractivity contribution < 1.29 is 9.21 Å². The fourth-order valence-electron chi connectivity index (χ4n) is 2.19. The number of nitrogens with zero attached hydrogens (tertiary/aromatic N) is 1. The third-order valence-electron chi connectivity index (χ3n) is 3.46. The lowest BCUT2D eigenvalue weighted by molar-refractivity contribution is 0.0953. The number of furan rings is 1. The summed E-state index contributed by atoms with van der Waals surface area (Å²) >= 11 is 0. The molecule has 0 radical (unpaired) electrons. The van der Waals surface area contributed by atoms with Gasteiger partial charge in [0.1, 0.15) is 5.76 Å². The number of nitrogens with one attached hydrogen (secondary N) is 2. The number of hydrogen-bond acceptors (Lipinski definition) is 4. The van der Waals surface area contributed by atoms with Gasteiger partial charge in [-0.2, -0.15) is 5.10 Å². The first kappa shape index (κ1) is 15.6. The summed E-state index contributed by atoms with van der Waals surface area (Å²) in [6, 6.07) is 19.3. The highest BCUT2D eigenvalue weighted by Crippen LogP contribution is 2.16. The van der Waals surface area contributed by atoms with Crippen LogP contribution < -0.4 is 10.7 Å². The molecule has 0 atom stereocenters. The summed E-state index contributed by atoms with van der Waals surface area (Å²) in [5.74, 6) is 0.277. The SMILES string of the molecule is Cc1occc1C(=O)N/N=C\c1ccc(Nc2ccccc2)cc1. The lowest BCUT2D eigenvalue weighted by atomic mass is 10.2. The molecule has 0 aliphatic rings. The molecule has 0 saturated heterocycles. The third-order valence-corrected chi connectivity index (χ3v) is 3.46. The summed E-state index contributed by atoms with van der Waals surface area (Å²) in [7, 11) is 0. The molecule has 3 rings (SSSR count). The van der Waals surface area contributed by atoms with Gasteiger partial charge in [-0.05, 0) is 42.8 Å². The number of amides is 1. The number of benzene rings is 2. The van der Waals surface area contributed by atoms with Crippen LogP contribution in [0.5, 0.6) is 0 Å². The minimum atomic E-state index is -0.292. The number of anilines is 2. The molecule has 0 aliphatic carbocycles. The Morgan fingerprint density at radius 2 is 1.71 bits per heavy atom. The van der Waals surface area contributed by atoms with Crippen LogP contribution in [-0.4, -0.2) is 12.1 Å². The van der Waals surface area contributed by atoms with E-state index in [-0.39, 0.29) is 5.91 Å². The van der Waals surface area contributed by atoms with Crippen LogP contribution in [0.1, 0.15) is 21.7 Å². The molecule has 0 unspecified atom stereocenters. The lowest BCUT2D eigenvalue weighted by Gasteiger charge is -2.06. The van der Waals surface area contributed by atoms with Gasteiger partial charge in [0, 0.05) is 11.4 Å². The monoisotopic (exact) mass is 319 g/mol. The van der Waals surface area contributed by atoms with Crippen molar-refractivity contribution in [2.75, 3.05) is 5.32 Å². The van der Waals surface area contributed by atoms with Crippen molar-refractivity contribution >= 4 is 23.5 Å². The molecule has 0 aliphatic heterocycles. The molecule has 1 amide bonds. The molecule has 120 valence electrons. The molecule has 0 fully saturated rings. The van der Waals surface area contributed by atoms with E-state index >= 15 is 0 Å². The number of carbonyl (C=O) groups is 1. The summed E-state index contributed by atoms with van der Waals surface area (Å²) in [5, 5.41) is 7.27. The van der Waals surface area contributed by atoms with Crippen molar-refractivity contribution in [2.45, 2.75) is 6.92 Å². The summed E-state index contributed by atoms with van der Waals surface area (Å²) in [4.78, 5) is 11.9. The Kier molecular flexibility index (Phi) is 4.72. The highest BCUT2D eigenvalue weighted by atomic mass is 16.3. The molecule has 24 heavy (non-hydrogen) atoms. The molecule has 1 heterocycles. The number of rotatable bonds is 5. The Morgan fingerprint density at radius 1 is 1.00 bits per heavy atom. The second kappa shape index (κ2) is 7.28. The third kappa shape index (κ3) is 3.89. The van der Waals surface area contributed by atoms with E-state index in [0.29, 0.717) is 11.3 Å². The number of aryl methyl sites for hydroxylation is 1. The zero-order valence-corrected chi connectivity index (χ0v) is 13.2. The van der Waals surface area contributed by atoms with Gasteiger partial charge in [-0.3, -0.25) is 4.79 Å². The normalized spacial score (nSPS) is 10.7. The Hall–Kier alpha value is -3.34. The van der Waals surface area contributed by atoms with Crippen LogP contribution >= 0.6 is 0 Å². The fourth-order valence-corrected chi connectivity index (χ4v) is 2.19. The van der Waals surface area contributed by atoms with Crippen molar-refractivity contribution in [1.82, 2.24) is 5.43 Å². The van der Waals surface area contributed by atoms with Gasteiger partial charge >= 0.3 is 0 Å². The quantitative estimate of drug-likeness (QED) is 0.550. The maximum absolute atomic E-state index is 11.9. The van der Waals surface area contributed by atoms with Crippen LogP contribution in [0, 0.1) is 6.92 Å². The first-order valence-corrected chi connectivity index (χ1v) is 7.52. The van der Waals surface area contributed by atoms with Gasteiger partial charge in [-0.1, -0.05) is 30.3 Å². The summed E-state index contributed by atoms with van der Waals surface area (Å²) < 4.78 is 5.09. The molecule has 0 spiro atoms. The fraction of sp³-hybridized carbons (Fsp3) is 0.0526. The van der Waals surface area contributed by atoms with E-state index in [1.165, 1.54) is 6.26 Å². The number of hydrogen-bond donors (Lipinski definition) is 2. The van der Waals surface area contributed by atoms with Crippen LogP contribution in [0.25, 0.3) is 0 Å². The minimum absolute atomic E-state index is 0.292. The number of carbonyl (C=O) groups excluding carboxylic acids is 1. The summed E-state index contributed by atoms with van der Waals surface area (Å²) in [6.45, 7) is 1.73. The average molecular weight is 319 g/mol. The van der Waals surface area contributed by atoms with Gasteiger partial charge < -0.3 is 9.73 Å². The molecular formula is C19H17N3O2. The largest absolute Gasteiger partial charge is 0.469 e. The van der Waals surface area contributed by atoms with Crippen molar-refractivity contribution in [3.05, 3.63) is 83.8 Å². The summed E-state index contributed by atoms with van der Waals surface area (Å²) in [6.07, 6.45) is 3.08. The lowest BCUT2D eigenvalue weighted by Crippen LogP contribution is -2.17. The van der Waals surface area contributed by atoms with E-state index in [4.69, 9.17) is 4.42 Å². The number of hydrazone groups is 1. The van der Waals surface area contributed by atoms with Gasteiger partial charge in [0.25, 0.3) is 5.91 Å². The first-order valence-electron chi connectivity index (χ1n) is 7.52. The Bertz CT molecular complexity index is 837. The van der Waals surface area contributed by atoms with E-state index in [9.17, 15) is 4.79 Å². The smallest absolute Gasteiger partial charge is 0.274 e. The predicted molar refractivity (Wildman–Crippen MR) is 94.7 cm³/mol. The van der Waals surface area contributed by atoms with E-state index < -0.39 is 0 Å². The van der Waals surface area contributed by atoms with Crippen LogP contribution in [0.2, 0.25) is 0 Å². The highest BCUT2D eigenvalue weighted by molar-refractivity contribution is 5.95. The van der Waals surface area contributed by atoms with Gasteiger partial charge in [-0.15, -0.1) is 0 Å². The molecule has 0 bridgehead atoms. The molecule has 5 heteroatoms. The zero-order valence-electron chi connectivity index (χ0n) is 13.2. The standard InChI is InChI=1S/C19H17N3O2/c1-14-18(11-12-24-14)19(23)22-20-13-15-7-9-17(10-8-15)21-16-5-3-2-4-6-16/h2-13,21H,1H3,(H,22,23)/b20-13-. The van der Waals surface area contributed by atoms with Gasteiger partial charge in [0.15, 0.2) is 0 Å². The van der Waals surface area contributed by atoms with E-state index in [1.807, 2.05) is 54.6 Å². The second-order valence-corrected chi connectivity index (χ2v) is 5.20. The summed E-state index contributed by atoms with van der Waals surface area (Å²) in [5.41, 5.74) is 5.86. The zero-order chi connectivity index (χ0) is 16.8. The van der Waals surface area contributed by atoms with Crippen LogP contribution in [0.4, 0.5) is 11.4 Å². The Balaban J connectivity index is 1.58. The van der Waals surface area contributed by atoms with Crippen LogP contribution in [0.15, 0.2) is 76.4 Å². The van der Waals surface area contributed by atoms with Crippen LogP contribution in [-0.2, 0) is 0 Å². The van der Waals surface area contributed by atoms with Gasteiger partial charge in [0.2, 0.25) is 0 Å². The van der Waals surface area contributed by atoms with Crippen molar-refractivity contribution in [3.8, 4) is 0 Å². The highest BCUT2D eigenvalue weighted by Gasteiger charge is 2.09. The first-order chi connectivity index (χ1) is 11.7. The maximum atomic E-state index is 11.9. The van der Waals surface area contributed by atoms with Crippen molar-refractivity contribution in [1.29, 1.82) is 0 Å². The van der Waals surface area contributed by atoms with E-state index in [1.54, 1.807) is 19.2 Å². The molecule has 0 saturated carbocycles. The minimum Gasteiger partial charge on any atom is -0.469 e. The molecule has 3 aromatic rings. The van der Waals surface area contributed by atoms with E-state index in [2.05, 4.69) is 15.8 Å². The molecule has 5 nitrogen and oxygen atoms in total. The molecule has 2 aromatic carbocycles. The topological polar surface area (TPSA) is 66.6 Å². The van der Waals surface area contributed by atoms with Crippen molar-refractivity contribution in [3.63, 3.8) is 0 Å². The van der Waals surface area contributed by atoms with Gasteiger partial charge in [0.05, 0.1) is 18.0 Å². The molecular weight excluding hydrogens is 302 g/mol. The second-order valence-electron chi connectivity index (χ2n) is 5.20. The van der Waals surface area contributed by atoms with E-state index in [0.717, 1.165) is 16.9 Å². The molecule has 2 N–H and O–H groups in total. The Morgan fingerprint density at radius 3 is 2.38 bits per heavy atom. The van der Waals surface area contributed by atoms with Crippen molar-refractivity contribution in [2.24, 2.45) is 5.10 Å². The van der Waals surface area contributed by atoms with Gasteiger partial charge in [-0.25, -0.2) is 5.43 Å². The van der Waals surface area contributed by atoms with Crippen LogP contribution in [0.3, 0.4) is 0 Å². The average Bonchev–Trinajstić information content (AvgIpc) is 3.03. The maximum Gasteiger partial charge on any atom is 0.274 e. The predicted octanol–water partition coefficient (Wildman–Crippen LogP) is 4.10. The number of para-hydroxylation sites is 1. The molecule has 1 aromatic heterocycles. The Labute approximate surface area is 140 Å².